The van der Waals surface area contributed by atoms with Gasteiger partial charge in [-0.1, -0.05) is 12.1 Å². The fourth-order valence-corrected chi connectivity index (χ4v) is 4.42. The van der Waals surface area contributed by atoms with Gasteiger partial charge >= 0.3 is 0 Å². The number of carbonyl (C=O) groups is 1. The maximum atomic E-state index is 12.7. The normalized spacial score (nSPS) is 11.0. The van der Waals surface area contributed by atoms with Gasteiger partial charge in [0.05, 0.1) is 23.3 Å². The van der Waals surface area contributed by atoms with Gasteiger partial charge in [-0.15, -0.1) is 11.3 Å². The van der Waals surface area contributed by atoms with Crippen LogP contribution in [0.25, 0.3) is 21.6 Å². The number of aromatic nitrogens is 3. The lowest BCUT2D eigenvalue weighted by molar-refractivity contribution is 0.0955. The maximum absolute atomic E-state index is 12.7. The minimum atomic E-state index is -0.0933. The fraction of sp³-hybridized carbons (Fsp3) is 0.261. The van der Waals surface area contributed by atoms with Gasteiger partial charge in [0.25, 0.3) is 5.91 Å². The quantitative estimate of drug-likeness (QED) is 0.474. The zero-order chi connectivity index (χ0) is 21.1. The summed E-state index contributed by atoms with van der Waals surface area (Å²) in [5.74, 6) is 1.68. The van der Waals surface area contributed by atoms with Gasteiger partial charge in [0.2, 0.25) is 0 Å². The van der Waals surface area contributed by atoms with E-state index in [-0.39, 0.29) is 5.91 Å². The van der Waals surface area contributed by atoms with E-state index < -0.39 is 0 Å². The van der Waals surface area contributed by atoms with Crippen molar-refractivity contribution in [1.29, 1.82) is 0 Å². The van der Waals surface area contributed by atoms with Crippen molar-refractivity contribution in [3.63, 3.8) is 0 Å². The van der Waals surface area contributed by atoms with E-state index in [0.29, 0.717) is 24.6 Å². The Morgan fingerprint density at radius 1 is 1.10 bits per heavy atom. The van der Waals surface area contributed by atoms with Gasteiger partial charge in [-0.3, -0.25) is 4.79 Å². The van der Waals surface area contributed by atoms with Gasteiger partial charge in [0, 0.05) is 18.7 Å². The van der Waals surface area contributed by atoms with Gasteiger partial charge in [0.1, 0.15) is 21.5 Å². The highest BCUT2D eigenvalue weighted by molar-refractivity contribution is 7.17. The highest BCUT2D eigenvalue weighted by atomic mass is 32.1. The Labute approximate surface area is 179 Å². The summed E-state index contributed by atoms with van der Waals surface area (Å²) in [7, 11) is 0. The fourth-order valence-electron chi connectivity index (χ4n) is 3.43. The largest absolute Gasteiger partial charge is 0.494 e. The molecule has 2 aromatic heterocycles. The highest BCUT2D eigenvalue weighted by Crippen LogP contribution is 2.29. The smallest absolute Gasteiger partial charge is 0.263 e. The van der Waals surface area contributed by atoms with Gasteiger partial charge in [-0.25, -0.2) is 9.97 Å². The number of benzene rings is 2. The van der Waals surface area contributed by atoms with Crippen LogP contribution in [0.15, 0.2) is 48.5 Å². The molecule has 0 aliphatic heterocycles. The first kappa shape index (κ1) is 20.1. The molecule has 0 unspecified atom stereocenters. The summed E-state index contributed by atoms with van der Waals surface area (Å²) in [6, 6.07) is 15.8. The lowest BCUT2D eigenvalue weighted by atomic mass is 10.2. The van der Waals surface area contributed by atoms with E-state index >= 15 is 0 Å². The predicted octanol–water partition coefficient (Wildman–Crippen LogP) is 4.61. The zero-order valence-corrected chi connectivity index (χ0v) is 18.1. The van der Waals surface area contributed by atoms with E-state index in [9.17, 15) is 4.79 Å². The molecule has 7 heteroatoms. The van der Waals surface area contributed by atoms with Gasteiger partial charge in [0.15, 0.2) is 0 Å². The van der Waals surface area contributed by atoms with Crippen LogP contribution >= 0.6 is 11.3 Å². The number of nitrogens with zero attached hydrogens (tertiary/aromatic N) is 3. The first-order chi connectivity index (χ1) is 14.6. The van der Waals surface area contributed by atoms with Crippen LogP contribution in [0.1, 0.15) is 28.1 Å². The summed E-state index contributed by atoms with van der Waals surface area (Å²) in [6.45, 7) is 7.64. The lowest BCUT2D eigenvalue weighted by Crippen LogP contribution is -2.27. The van der Waals surface area contributed by atoms with Crippen molar-refractivity contribution >= 4 is 28.3 Å². The number of ether oxygens (including phenoxy) is 1. The molecular weight excluding hydrogens is 396 g/mol. The molecule has 0 saturated heterocycles. The average Bonchev–Trinajstić information content (AvgIpc) is 3.28. The molecule has 0 aliphatic carbocycles. The third-order valence-corrected chi connectivity index (χ3v) is 6.09. The van der Waals surface area contributed by atoms with Gasteiger partial charge < -0.3 is 14.6 Å². The number of thiazole rings is 1. The second-order valence-electron chi connectivity index (χ2n) is 6.95. The summed E-state index contributed by atoms with van der Waals surface area (Å²) in [6.07, 6.45) is 0. The lowest BCUT2D eigenvalue weighted by Gasteiger charge is -2.08. The Morgan fingerprint density at radius 2 is 1.87 bits per heavy atom. The molecule has 0 bridgehead atoms. The van der Waals surface area contributed by atoms with E-state index in [0.717, 1.165) is 38.9 Å². The van der Waals surface area contributed by atoms with Crippen molar-refractivity contribution in [2.75, 3.05) is 13.2 Å². The summed E-state index contributed by atoms with van der Waals surface area (Å²) in [5.41, 5.74) is 3.77. The molecular formula is C23H24N4O2S. The van der Waals surface area contributed by atoms with Crippen LogP contribution in [0.2, 0.25) is 0 Å². The molecule has 2 aromatic carbocycles. The summed E-state index contributed by atoms with van der Waals surface area (Å²) < 4.78 is 7.61. The molecule has 30 heavy (non-hydrogen) atoms. The third kappa shape index (κ3) is 4.07. The molecule has 0 atom stereocenters. The van der Waals surface area contributed by atoms with Crippen molar-refractivity contribution in [2.24, 2.45) is 0 Å². The van der Waals surface area contributed by atoms with Crippen LogP contribution in [0.5, 0.6) is 5.75 Å². The van der Waals surface area contributed by atoms with E-state index in [4.69, 9.17) is 4.74 Å². The Morgan fingerprint density at radius 3 is 2.63 bits per heavy atom. The first-order valence-corrected chi connectivity index (χ1v) is 10.8. The zero-order valence-electron chi connectivity index (χ0n) is 17.3. The minimum absolute atomic E-state index is 0.0933. The van der Waals surface area contributed by atoms with Crippen LogP contribution < -0.4 is 10.1 Å². The van der Waals surface area contributed by atoms with Crippen LogP contribution in [0.3, 0.4) is 0 Å². The molecule has 6 nitrogen and oxygen atoms in total. The molecule has 154 valence electrons. The average molecular weight is 421 g/mol. The second kappa shape index (κ2) is 8.67. The number of aryl methyl sites for hydroxylation is 2. The van der Waals surface area contributed by atoms with Crippen LogP contribution in [-0.2, 0) is 6.54 Å². The summed E-state index contributed by atoms with van der Waals surface area (Å²) in [5, 5.41) is 3.85. The van der Waals surface area contributed by atoms with E-state index in [1.54, 1.807) is 0 Å². The third-order valence-electron chi connectivity index (χ3n) is 4.88. The van der Waals surface area contributed by atoms with Crippen molar-refractivity contribution in [3.8, 4) is 16.3 Å². The number of imidazole rings is 1. The first-order valence-electron chi connectivity index (χ1n) is 9.97. The number of hydrogen-bond donors (Lipinski definition) is 1. The standard InChI is InChI=1S/C23H24N4O2S/c1-4-29-18-11-9-17(10-12-18)23-25-15(2)21(30-23)22(28)24-13-14-27-16(3)26-19-7-5-6-8-20(19)27/h5-12H,4,13-14H2,1-3H3,(H,24,28). The molecule has 4 aromatic rings. The SMILES string of the molecule is CCOc1ccc(-c2nc(C)c(C(=O)NCCn3c(C)nc4ccccc43)s2)cc1. The Kier molecular flexibility index (Phi) is 5.81. The van der Waals surface area contributed by atoms with E-state index in [2.05, 4.69) is 19.9 Å². The maximum Gasteiger partial charge on any atom is 0.263 e. The van der Waals surface area contributed by atoms with Crippen molar-refractivity contribution in [2.45, 2.75) is 27.3 Å². The van der Waals surface area contributed by atoms with Crippen molar-refractivity contribution < 1.29 is 9.53 Å². The number of para-hydroxylation sites is 2. The van der Waals surface area contributed by atoms with E-state index in [1.807, 2.05) is 69.3 Å². The van der Waals surface area contributed by atoms with Crippen LogP contribution in [-0.4, -0.2) is 33.6 Å². The van der Waals surface area contributed by atoms with Crippen LogP contribution in [0, 0.1) is 13.8 Å². The number of fused-ring (bicyclic) bond motifs is 1. The number of hydrogen-bond acceptors (Lipinski definition) is 5. The molecule has 4 rings (SSSR count). The molecule has 0 radical (unpaired) electrons. The number of carbonyl (C=O) groups excluding carboxylic acids is 1. The van der Waals surface area contributed by atoms with Crippen LogP contribution in [0.4, 0.5) is 0 Å². The highest BCUT2D eigenvalue weighted by Gasteiger charge is 2.16. The molecule has 1 N–H and O–H groups in total. The van der Waals surface area contributed by atoms with E-state index in [1.165, 1.54) is 11.3 Å². The number of nitrogens with one attached hydrogen (secondary N) is 1. The second-order valence-corrected chi connectivity index (χ2v) is 7.95. The summed E-state index contributed by atoms with van der Waals surface area (Å²) >= 11 is 1.41. The monoisotopic (exact) mass is 420 g/mol. The summed E-state index contributed by atoms with van der Waals surface area (Å²) in [4.78, 5) is 22.5. The Hall–Kier alpha value is -3.19. The number of rotatable bonds is 7. The Balaban J connectivity index is 1.43. The molecule has 1 amide bonds. The van der Waals surface area contributed by atoms with Gasteiger partial charge in [-0.2, -0.15) is 0 Å². The van der Waals surface area contributed by atoms with Gasteiger partial charge in [-0.05, 0) is 57.2 Å². The minimum Gasteiger partial charge on any atom is -0.494 e. The van der Waals surface area contributed by atoms with Crippen molar-refractivity contribution in [1.82, 2.24) is 19.9 Å². The molecule has 0 aliphatic rings. The predicted molar refractivity (Wildman–Crippen MR) is 120 cm³/mol. The molecule has 0 spiro atoms. The molecule has 2 heterocycles. The van der Waals surface area contributed by atoms with Crippen molar-refractivity contribution in [3.05, 3.63) is 64.9 Å². The molecule has 0 fully saturated rings. The molecule has 0 saturated carbocycles. The Bertz CT molecular complexity index is 1180. The topological polar surface area (TPSA) is 69.0 Å². The number of amides is 1.